The SMILES string of the molecule is COc1ccc([N+](=O)[O-])c(N(CCO)C2CCCCC2)c1. The van der Waals surface area contributed by atoms with Crippen LogP contribution in [0.1, 0.15) is 32.1 Å². The summed E-state index contributed by atoms with van der Waals surface area (Å²) in [5, 5.41) is 20.6. The Bertz CT molecular complexity index is 487. The van der Waals surface area contributed by atoms with Crippen LogP contribution in [0.3, 0.4) is 0 Å². The number of hydrogen-bond donors (Lipinski definition) is 1. The zero-order chi connectivity index (χ0) is 15.2. The second-order valence-corrected chi connectivity index (χ2v) is 5.32. The van der Waals surface area contributed by atoms with Crippen molar-refractivity contribution in [2.75, 3.05) is 25.2 Å². The lowest BCUT2D eigenvalue weighted by Gasteiger charge is -2.35. The number of benzene rings is 1. The fourth-order valence-corrected chi connectivity index (χ4v) is 3.01. The zero-order valence-corrected chi connectivity index (χ0v) is 12.3. The normalized spacial score (nSPS) is 15.7. The molecule has 116 valence electrons. The average molecular weight is 294 g/mol. The van der Waals surface area contributed by atoms with Crippen molar-refractivity contribution >= 4 is 11.4 Å². The smallest absolute Gasteiger partial charge is 0.292 e. The van der Waals surface area contributed by atoms with E-state index in [1.807, 2.05) is 4.90 Å². The van der Waals surface area contributed by atoms with E-state index in [2.05, 4.69) is 0 Å². The van der Waals surface area contributed by atoms with E-state index < -0.39 is 0 Å². The van der Waals surface area contributed by atoms with Gasteiger partial charge in [-0.3, -0.25) is 10.1 Å². The van der Waals surface area contributed by atoms with Crippen molar-refractivity contribution in [3.05, 3.63) is 28.3 Å². The number of ether oxygens (including phenoxy) is 1. The van der Waals surface area contributed by atoms with Crippen LogP contribution in [0.4, 0.5) is 11.4 Å². The summed E-state index contributed by atoms with van der Waals surface area (Å²) in [6, 6.07) is 5.01. The number of methoxy groups -OCH3 is 1. The number of nitro groups is 1. The number of nitrogens with zero attached hydrogens (tertiary/aromatic N) is 2. The first-order valence-electron chi connectivity index (χ1n) is 7.37. The molecule has 0 heterocycles. The van der Waals surface area contributed by atoms with Gasteiger partial charge in [-0.05, 0) is 18.9 Å². The van der Waals surface area contributed by atoms with E-state index in [0.717, 1.165) is 25.7 Å². The van der Waals surface area contributed by atoms with Crippen LogP contribution in [-0.4, -0.2) is 36.3 Å². The molecule has 0 unspecified atom stereocenters. The van der Waals surface area contributed by atoms with Gasteiger partial charge in [-0.2, -0.15) is 0 Å². The molecule has 1 aromatic rings. The molecular weight excluding hydrogens is 272 g/mol. The Labute approximate surface area is 124 Å². The first kappa shape index (κ1) is 15.6. The van der Waals surface area contributed by atoms with Gasteiger partial charge >= 0.3 is 0 Å². The van der Waals surface area contributed by atoms with E-state index in [1.54, 1.807) is 19.2 Å². The highest BCUT2D eigenvalue weighted by molar-refractivity contribution is 5.66. The molecule has 2 rings (SSSR count). The quantitative estimate of drug-likeness (QED) is 0.645. The van der Waals surface area contributed by atoms with Crippen LogP contribution >= 0.6 is 0 Å². The first-order valence-corrected chi connectivity index (χ1v) is 7.37. The second-order valence-electron chi connectivity index (χ2n) is 5.32. The first-order chi connectivity index (χ1) is 10.2. The van der Waals surface area contributed by atoms with Gasteiger partial charge in [0.25, 0.3) is 5.69 Å². The van der Waals surface area contributed by atoms with Crippen molar-refractivity contribution in [3.8, 4) is 5.75 Å². The lowest BCUT2D eigenvalue weighted by Crippen LogP contribution is -2.39. The molecular formula is C15H22N2O4. The summed E-state index contributed by atoms with van der Waals surface area (Å²) in [7, 11) is 1.54. The number of hydrogen-bond acceptors (Lipinski definition) is 5. The van der Waals surface area contributed by atoms with Gasteiger partial charge < -0.3 is 14.7 Å². The van der Waals surface area contributed by atoms with Crippen molar-refractivity contribution in [1.29, 1.82) is 0 Å². The summed E-state index contributed by atoms with van der Waals surface area (Å²) in [4.78, 5) is 12.9. The lowest BCUT2D eigenvalue weighted by molar-refractivity contribution is -0.384. The monoisotopic (exact) mass is 294 g/mol. The van der Waals surface area contributed by atoms with Gasteiger partial charge in [0.2, 0.25) is 0 Å². The summed E-state index contributed by atoms with van der Waals surface area (Å²) in [6.45, 7) is 0.379. The molecule has 1 aliphatic carbocycles. The highest BCUT2D eigenvalue weighted by Crippen LogP contribution is 2.36. The molecule has 1 N–H and O–H groups in total. The maximum Gasteiger partial charge on any atom is 0.292 e. The highest BCUT2D eigenvalue weighted by atomic mass is 16.6. The standard InChI is InChI=1S/C15H22N2O4/c1-21-13-7-8-14(17(19)20)15(11-13)16(9-10-18)12-5-3-2-4-6-12/h7-8,11-12,18H,2-6,9-10H2,1H3. The molecule has 0 amide bonds. The molecule has 0 aromatic heterocycles. The summed E-state index contributed by atoms with van der Waals surface area (Å²) >= 11 is 0. The van der Waals surface area contributed by atoms with Crippen LogP contribution in [0, 0.1) is 10.1 Å². The van der Waals surface area contributed by atoms with Crippen molar-refractivity contribution in [2.24, 2.45) is 0 Å². The van der Waals surface area contributed by atoms with Gasteiger partial charge in [0, 0.05) is 24.7 Å². The number of aliphatic hydroxyl groups is 1. The van der Waals surface area contributed by atoms with E-state index >= 15 is 0 Å². The van der Waals surface area contributed by atoms with Crippen molar-refractivity contribution in [3.63, 3.8) is 0 Å². The highest BCUT2D eigenvalue weighted by Gasteiger charge is 2.27. The fraction of sp³-hybridized carbons (Fsp3) is 0.600. The van der Waals surface area contributed by atoms with Gasteiger partial charge in [-0.25, -0.2) is 0 Å². The number of rotatable bonds is 6. The fourth-order valence-electron chi connectivity index (χ4n) is 3.01. The molecule has 1 saturated carbocycles. The molecule has 1 aromatic carbocycles. The summed E-state index contributed by atoms with van der Waals surface area (Å²) in [5.41, 5.74) is 0.607. The number of nitro benzene ring substituents is 1. The lowest BCUT2D eigenvalue weighted by atomic mass is 9.93. The molecule has 21 heavy (non-hydrogen) atoms. The molecule has 6 nitrogen and oxygen atoms in total. The number of anilines is 1. The summed E-state index contributed by atoms with van der Waals surface area (Å²) < 4.78 is 5.19. The molecule has 0 spiro atoms. The topological polar surface area (TPSA) is 75.8 Å². The summed E-state index contributed by atoms with van der Waals surface area (Å²) in [5.74, 6) is 0.592. The Morgan fingerprint density at radius 3 is 2.67 bits per heavy atom. The third-order valence-corrected chi connectivity index (χ3v) is 4.05. The van der Waals surface area contributed by atoms with E-state index in [9.17, 15) is 15.2 Å². The van der Waals surface area contributed by atoms with Crippen LogP contribution in [0.2, 0.25) is 0 Å². The second kappa shape index (κ2) is 7.26. The maximum absolute atomic E-state index is 11.3. The van der Waals surface area contributed by atoms with Crippen LogP contribution in [0.5, 0.6) is 5.75 Å². The van der Waals surface area contributed by atoms with Crippen molar-refractivity contribution in [2.45, 2.75) is 38.1 Å². The Morgan fingerprint density at radius 2 is 2.10 bits per heavy atom. The van der Waals surface area contributed by atoms with E-state index in [4.69, 9.17) is 4.74 Å². The van der Waals surface area contributed by atoms with Gasteiger partial charge in [0.05, 0.1) is 18.6 Å². The molecule has 0 saturated heterocycles. The van der Waals surface area contributed by atoms with E-state index in [0.29, 0.717) is 18.0 Å². The Morgan fingerprint density at radius 1 is 1.38 bits per heavy atom. The molecule has 1 fully saturated rings. The maximum atomic E-state index is 11.3. The third-order valence-electron chi connectivity index (χ3n) is 4.05. The predicted octanol–water partition coefficient (Wildman–Crippen LogP) is 2.73. The van der Waals surface area contributed by atoms with Crippen LogP contribution in [0.15, 0.2) is 18.2 Å². The minimum Gasteiger partial charge on any atom is -0.497 e. The Balaban J connectivity index is 2.39. The molecule has 0 aliphatic heterocycles. The van der Waals surface area contributed by atoms with Crippen LogP contribution < -0.4 is 9.64 Å². The van der Waals surface area contributed by atoms with Gasteiger partial charge in [-0.15, -0.1) is 0 Å². The number of aliphatic hydroxyl groups excluding tert-OH is 1. The van der Waals surface area contributed by atoms with E-state index in [1.165, 1.54) is 12.5 Å². The van der Waals surface area contributed by atoms with Crippen LogP contribution in [0.25, 0.3) is 0 Å². The summed E-state index contributed by atoms with van der Waals surface area (Å²) in [6.07, 6.45) is 5.49. The molecule has 0 radical (unpaired) electrons. The molecule has 0 bridgehead atoms. The van der Waals surface area contributed by atoms with Crippen molar-refractivity contribution < 1.29 is 14.8 Å². The van der Waals surface area contributed by atoms with Gasteiger partial charge in [0.1, 0.15) is 11.4 Å². The Hall–Kier alpha value is -1.82. The van der Waals surface area contributed by atoms with Crippen molar-refractivity contribution in [1.82, 2.24) is 0 Å². The molecule has 0 atom stereocenters. The third kappa shape index (κ3) is 3.64. The van der Waals surface area contributed by atoms with Crippen LogP contribution in [-0.2, 0) is 0 Å². The average Bonchev–Trinajstić information content (AvgIpc) is 2.52. The Kier molecular flexibility index (Phi) is 5.38. The largest absolute Gasteiger partial charge is 0.497 e. The van der Waals surface area contributed by atoms with Gasteiger partial charge in [0.15, 0.2) is 0 Å². The van der Waals surface area contributed by atoms with E-state index in [-0.39, 0.29) is 23.3 Å². The minimum absolute atomic E-state index is 0.0230. The predicted molar refractivity (Wildman–Crippen MR) is 81.0 cm³/mol. The molecule has 6 heteroatoms. The molecule has 1 aliphatic rings. The zero-order valence-electron chi connectivity index (χ0n) is 12.3. The minimum atomic E-state index is -0.373. The van der Waals surface area contributed by atoms with Gasteiger partial charge in [-0.1, -0.05) is 19.3 Å².